The lowest BCUT2D eigenvalue weighted by Crippen LogP contribution is -2.30. The van der Waals surface area contributed by atoms with Gasteiger partial charge in [-0.05, 0) is 62.4 Å². The second-order valence-electron chi connectivity index (χ2n) is 6.05. The van der Waals surface area contributed by atoms with Crippen LogP contribution in [-0.2, 0) is 11.3 Å². The molecule has 0 heterocycles. The summed E-state index contributed by atoms with van der Waals surface area (Å²) in [5, 5.41) is 2.91. The van der Waals surface area contributed by atoms with Gasteiger partial charge in [-0.1, -0.05) is 36.4 Å². The summed E-state index contributed by atoms with van der Waals surface area (Å²) in [6.45, 7) is 11.1. The minimum Gasteiger partial charge on any atom is -0.351 e. The highest BCUT2D eigenvalue weighted by atomic mass is 32.2. The molecular formula is C20H25NOS. The summed E-state index contributed by atoms with van der Waals surface area (Å²) < 4.78 is 0. The van der Waals surface area contributed by atoms with Gasteiger partial charge in [0.25, 0.3) is 0 Å². The summed E-state index contributed by atoms with van der Waals surface area (Å²) in [5.74, 6) is 0.0804. The van der Waals surface area contributed by atoms with E-state index in [0.29, 0.717) is 6.54 Å². The average molecular weight is 327 g/mol. The van der Waals surface area contributed by atoms with Crippen molar-refractivity contribution in [2.24, 2.45) is 0 Å². The molecule has 0 aromatic heterocycles. The third-order valence-corrected chi connectivity index (χ3v) is 5.69. The number of carbonyl (C=O) groups is 1. The van der Waals surface area contributed by atoms with Crippen molar-refractivity contribution >= 4 is 17.7 Å². The lowest BCUT2D eigenvalue weighted by Gasteiger charge is -2.18. The van der Waals surface area contributed by atoms with Crippen molar-refractivity contribution in [3.05, 3.63) is 64.2 Å². The molecule has 2 aromatic carbocycles. The van der Waals surface area contributed by atoms with Crippen LogP contribution in [0.3, 0.4) is 0 Å². The van der Waals surface area contributed by atoms with Gasteiger partial charge >= 0.3 is 0 Å². The fourth-order valence-electron chi connectivity index (χ4n) is 2.52. The number of benzene rings is 2. The van der Waals surface area contributed by atoms with E-state index >= 15 is 0 Å². The van der Waals surface area contributed by atoms with Gasteiger partial charge in [0, 0.05) is 11.4 Å². The largest absolute Gasteiger partial charge is 0.351 e. The predicted molar refractivity (Wildman–Crippen MR) is 99.0 cm³/mol. The van der Waals surface area contributed by atoms with E-state index in [4.69, 9.17) is 0 Å². The smallest absolute Gasteiger partial charge is 0.233 e. The summed E-state index contributed by atoms with van der Waals surface area (Å²) in [4.78, 5) is 13.6. The molecule has 0 aliphatic carbocycles. The van der Waals surface area contributed by atoms with Gasteiger partial charge in [0.15, 0.2) is 0 Å². The van der Waals surface area contributed by atoms with Gasteiger partial charge in [0.2, 0.25) is 5.91 Å². The Morgan fingerprint density at radius 3 is 2.17 bits per heavy atom. The molecule has 0 saturated heterocycles. The molecule has 0 bridgehead atoms. The van der Waals surface area contributed by atoms with Crippen molar-refractivity contribution in [1.29, 1.82) is 0 Å². The monoisotopic (exact) mass is 327 g/mol. The quantitative estimate of drug-likeness (QED) is 0.805. The predicted octanol–water partition coefficient (Wildman–Crippen LogP) is 4.72. The molecule has 0 aliphatic rings. The van der Waals surface area contributed by atoms with Gasteiger partial charge in [-0.3, -0.25) is 4.79 Å². The topological polar surface area (TPSA) is 29.1 Å². The Morgan fingerprint density at radius 2 is 1.61 bits per heavy atom. The highest BCUT2D eigenvalue weighted by Crippen LogP contribution is 2.33. The molecule has 122 valence electrons. The molecule has 2 nitrogen and oxygen atoms in total. The van der Waals surface area contributed by atoms with Crippen molar-refractivity contribution < 1.29 is 4.79 Å². The first-order valence-electron chi connectivity index (χ1n) is 7.96. The number of thioether (sulfide) groups is 1. The number of hydrogen-bond donors (Lipinski definition) is 1. The van der Waals surface area contributed by atoms with Gasteiger partial charge in [-0.2, -0.15) is 0 Å². The molecule has 0 fully saturated rings. The summed E-state index contributed by atoms with van der Waals surface area (Å²) in [7, 11) is 0. The molecule has 0 unspecified atom stereocenters. The first kappa shape index (κ1) is 17.6. The number of rotatable bonds is 5. The average Bonchev–Trinajstić information content (AvgIpc) is 2.55. The van der Waals surface area contributed by atoms with E-state index in [1.54, 1.807) is 11.8 Å². The van der Waals surface area contributed by atoms with E-state index in [2.05, 4.69) is 39.1 Å². The Bertz CT molecular complexity index is 668. The van der Waals surface area contributed by atoms with E-state index in [1.807, 2.05) is 37.3 Å². The van der Waals surface area contributed by atoms with Crippen molar-refractivity contribution in [2.45, 2.75) is 51.3 Å². The molecule has 2 aromatic rings. The molecule has 1 amide bonds. The van der Waals surface area contributed by atoms with Crippen LogP contribution >= 0.6 is 11.8 Å². The molecule has 1 atom stereocenters. The molecular weight excluding hydrogens is 302 g/mol. The highest BCUT2D eigenvalue weighted by Gasteiger charge is 2.18. The zero-order chi connectivity index (χ0) is 17.0. The lowest BCUT2D eigenvalue weighted by atomic mass is 10.0. The van der Waals surface area contributed by atoms with Gasteiger partial charge in [0.05, 0.1) is 5.25 Å². The number of aryl methyl sites for hydroxylation is 2. The summed E-state index contributed by atoms with van der Waals surface area (Å²) in [5.41, 5.74) is 6.25. The minimum atomic E-state index is -0.114. The van der Waals surface area contributed by atoms with E-state index < -0.39 is 0 Å². The van der Waals surface area contributed by atoms with Crippen LogP contribution in [0.5, 0.6) is 0 Å². The fourth-order valence-corrected chi connectivity index (χ4v) is 3.74. The van der Waals surface area contributed by atoms with Crippen LogP contribution in [0.2, 0.25) is 0 Å². The number of hydrogen-bond acceptors (Lipinski definition) is 2. The number of nitrogens with one attached hydrogen (secondary N) is 1. The first-order chi connectivity index (χ1) is 10.9. The van der Waals surface area contributed by atoms with Crippen LogP contribution in [0.1, 0.15) is 34.7 Å². The Hall–Kier alpha value is -1.74. The Kier molecular flexibility index (Phi) is 5.89. The van der Waals surface area contributed by atoms with Gasteiger partial charge < -0.3 is 5.32 Å². The van der Waals surface area contributed by atoms with E-state index in [0.717, 1.165) is 5.56 Å². The summed E-state index contributed by atoms with van der Waals surface area (Å²) in [6, 6.07) is 12.2. The van der Waals surface area contributed by atoms with Crippen LogP contribution in [0.4, 0.5) is 0 Å². The number of amides is 1. The Morgan fingerprint density at radius 1 is 1.04 bits per heavy atom. The molecule has 23 heavy (non-hydrogen) atoms. The molecule has 0 radical (unpaired) electrons. The Balaban J connectivity index is 2.04. The molecule has 1 N–H and O–H groups in total. The van der Waals surface area contributed by atoms with E-state index in [1.165, 1.54) is 27.1 Å². The normalized spacial score (nSPS) is 12.0. The second kappa shape index (κ2) is 7.69. The van der Waals surface area contributed by atoms with Crippen LogP contribution in [-0.4, -0.2) is 11.2 Å². The van der Waals surface area contributed by atoms with Crippen molar-refractivity contribution in [2.75, 3.05) is 0 Å². The zero-order valence-corrected chi connectivity index (χ0v) is 15.4. The van der Waals surface area contributed by atoms with Crippen molar-refractivity contribution in [3.63, 3.8) is 0 Å². The van der Waals surface area contributed by atoms with E-state index in [9.17, 15) is 4.79 Å². The third kappa shape index (κ3) is 4.38. The maximum atomic E-state index is 12.4. The molecule has 0 spiro atoms. The van der Waals surface area contributed by atoms with Crippen LogP contribution in [0.15, 0.2) is 41.3 Å². The summed E-state index contributed by atoms with van der Waals surface area (Å²) in [6.07, 6.45) is 0. The van der Waals surface area contributed by atoms with Crippen LogP contribution in [0, 0.1) is 27.7 Å². The molecule has 0 saturated carbocycles. The zero-order valence-electron chi connectivity index (χ0n) is 14.6. The van der Waals surface area contributed by atoms with Crippen molar-refractivity contribution in [3.8, 4) is 0 Å². The van der Waals surface area contributed by atoms with Crippen molar-refractivity contribution in [1.82, 2.24) is 5.32 Å². The van der Waals surface area contributed by atoms with Gasteiger partial charge in [0.1, 0.15) is 0 Å². The lowest BCUT2D eigenvalue weighted by molar-refractivity contribution is -0.120. The standard InChI is InChI=1S/C20H25NOS/c1-13-11-14(2)16(4)19(15(13)3)23-17(5)20(22)21-12-18-9-7-6-8-10-18/h6-11,17H,12H2,1-5H3,(H,21,22)/t17-/m1/s1. The van der Waals surface area contributed by atoms with Gasteiger partial charge in [-0.15, -0.1) is 11.8 Å². The van der Waals surface area contributed by atoms with E-state index in [-0.39, 0.29) is 11.2 Å². The van der Waals surface area contributed by atoms with Crippen LogP contribution in [0.25, 0.3) is 0 Å². The third-order valence-electron chi connectivity index (χ3n) is 4.27. The van der Waals surface area contributed by atoms with Crippen LogP contribution < -0.4 is 5.32 Å². The first-order valence-corrected chi connectivity index (χ1v) is 8.83. The van der Waals surface area contributed by atoms with Gasteiger partial charge in [-0.25, -0.2) is 0 Å². The second-order valence-corrected chi connectivity index (χ2v) is 7.40. The molecule has 0 aliphatic heterocycles. The Labute approximate surface area is 143 Å². The SMILES string of the molecule is Cc1cc(C)c(C)c(S[C@H](C)C(=O)NCc2ccccc2)c1C. The molecule has 3 heteroatoms. The maximum Gasteiger partial charge on any atom is 0.233 e. The summed E-state index contributed by atoms with van der Waals surface area (Å²) >= 11 is 1.66. The minimum absolute atomic E-state index is 0.0804. The molecule has 2 rings (SSSR count). The number of carbonyl (C=O) groups excluding carboxylic acids is 1. The fraction of sp³-hybridized carbons (Fsp3) is 0.350. The highest BCUT2D eigenvalue weighted by molar-refractivity contribution is 8.00. The maximum absolute atomic E-state index is 12.4.